The molecule has 1 aromatic rings. The predicted molar refractivity (Wildman–Crippen MR) is 68.9 cm³/mol. The van der Waals surface area contributed by atoms with Crippen LogP contribution in [-0.4, -0.2) is 29.1 Å². The highest BCUT2D eigenvalue weighted by Gasteiger charge is 2.57. The summed E-state index contributed by atoms with van der Waals surface area (Å²) in [6.07, 6.45) is -1.57. The van der Waals surface area contributed by atoms with E-state index in [-0.39, 0.29) is 19.4 Å². The zero-order chi connectivity index (χ0) is 15.5. The number of carbonyl (C=O) groups excluding carboxylic acids is 1. The van der Waals surface area contributed by atoms with Gasteiger partial charge in [-0.2, -0.15) is 0 Å². The molecule has 0 aliphatic heterocycles. The van der Waals surface area contributed by atoms with E-state index in [1.807, 2.05) is 0 Å². The number of nitrogens with one attached hydrogen (secondary N) is 1. The summed E-state index contributed by atoms with van der Waals surface area (Å²) in [5, 5.41) is 11.0. The maximum atomic E-state index is 12.8. The minimum absolute atomic E-state index is 0.0153. The van der Waals surface area contributed by atoms with Crippen LogP contribution in [0.2, 0.25) is 0 Å². The molecule has 2 N–H and O–H groups in total. The number of rotatable bonds is 6. The van der Waals surface area contributed by atoms with Crippen molar-refractivity contribution in [3.8, 4) is 0 Å². The molecule has 0 heterocycles. The molecule has 21 heavy (non-hydrogen) atoms. The van der Waals surface area contributed by atoms with Crippen molar-refractivity contribution in [1.82, 2.24) is 5.32 Å². The van der Waals surface area contributed by atoms with Gasteiger partial charge in [-0.05, 0) is 12.0 Å². The van der Waals surface area contributed by atoms with Gasteiger partial charge in [0.05, 0.1) is 0 Å². The van der Waals surface area contributed by atoms with Crippen LogP contribution in [0.5, 0.6) is 0 Å². The van der Waals surface area contributed by atoms with E-state index in [4.69, 9.17) is 9.84 Å². The summed E-state index contributed by atoms with van der Waals surface area (Å²) in [5.74, 6) is -5.16. The molecule has 1 aliphatic rings. The van der Waals surface area contributed by atoms with Gasteiger partial charge in [0, 0.05) is 12.3 Å². The van der Waals surface area contributed by atoms with Crippen LogP contribution in [0.15, 0.2) is 30.3 Å². The molecule has 0 aromatic heterocycles. The predicted octanol–water partition coefficient (Wildman–Crippen LogP) is 2.41. The lowest BCUT2D eigenvalue weighted by atomic mass is 10.1. The number of alkyl carbamates (subject to hydrolysis) is 1. The van der Waals surface area contributed by atoms with E-state index in [0.717, 1.165) is 5.56 Å². The molecule has 1 aliphatic carbocycles. The van der Waals surface area contributed by atoms with Crippen LogP contribution in [0.1, 0.15) is 18.4 Å². The van der Waals surface area contributed by atoms with Crippen LogP contribution in [0.25, 0.3) is 0 Å². The molecular weight excluding hydrogens is 284 g/mol. The second-order valence-electron chi connectivity index (χ2n) is 4.99. The zero-order valence-electron chi connectivity index (χ0n) is 11.1. The third-order valence-corrected chi connectivity index (χ3v) is 3.28. The number of carboxylic acids is 1. The average molecular weight is 299 g/mol. The third-order valence-electron chi connectivity index (χ3n) is 3.28. The normalized spacial score (nSPS) is 20.4. The van der Waals surface area contributed by atoms with Gasteiger partial charge in [-0.3, -0.25) is 0 Å². The summed E-state index contributed by atoms with van der Waals surface area (Å²) >= 11 is 0. The maximum absolute atomic E-state index is 12.8. The van der Waals surface area contributed by atoms with Crippen molar-refractivity contribution in [2.75, 3.05) is 0 Å². The van der Waals surface area contributed by atoms with Gasteiger partial charge in [0.25, 0.3) is 5.92 Å². The average Bonchev–Trinajstić information content (AvgIpc) is 3.04. The molecule has 2 rings (SSSR count). The Morgan fingerprint density at radius 3 is 2.52 bits per heavy atom. The first-order valence-electron chi connectivity index (χ1n) is 6.46. The first-order valence-corrected chi connectivity index (χ1v) is 6.46. The summed E-state index contributed by atoms with van der Waals surface area (Å²) in [4.78, 5) is 22.5. The molecule has 0 saturated heterocycles. The van der Waals surface area contributed by atoms with Crippen LogP contribution in [-0.2, 0) is 16.1 Å². The van der Waals surface area contributed by atoms with E-state index >= 15 is 0 Å². The summed E-state index contributed by atoms with van der Waals surface area (Å²) in [7, 11) is 0. The smallest absolute Gasteiger partial charge is 0.408 e. The van der Waals surface area contributed by atoms with Crippen LogP contribution in [0.3, 0.4) is 0 Å². The lowest BCUT2D eigenvalue weighted by Gasteiger charge is -2.14. The van der Waals surface area contributed by atoms with Crippen LogP contribution >= 0.6 is 0 Å². The molecule has 0 spiro atoms. The molecule has 1 unspecified atom stereocenters. The number of hydrogen-bond acceptors (Lipinski definition) is 3. The Kier molecular flexibility index (Phi) is 4.40. The summed E-state index contributed by atoms with van der Waals surface area (Å²) in [5.41, 5.74) is 0.744. The Bertz CT molecular complexity index is 521. The highest BCUT2D eigenvalue weighted by atomic mass is 19.3. The van der Waals surface area contributed by atoms with Gasteiger partial charge in [0.1, 0.15) is 12.6 Å². The van der Waals surface area contributed by atoms with Crippen LogP contribution < -0.4 is 5.32 Å². The molecule has 2 atom stereocenters. The van der Waals surface area contributed by atoms with Crippen LogP contribution in [0, 0.1) is 5.92 Å². The fourth-order valence-electron chi connectivity index (χ4n) is 1.94. The van der Waals surface area contributed by atoms with Crippen molar-refractivity contribution in [2.24, 2.45) is 5.92 Å². The molecular formula is C14H15F2NO4. The molecule has 114 valence electrons. The van der Waals surface area contributed by atoms with Crippen molar-refractivity contribution >= 4 is 12.1 Å². The zero-order valence-corrected chi connectivity index (χ0v) is 11.1. The lowest BCUT2D eigenvalue weighted by Crippen LogP contribution is -2.41. The highest BCUT2D eigenvalue weighted by molar-refractivity contribution is 5.79. The summed E-state index contributed by atoms with van der Waals surface area (Å²) in [6, 6.07) is 7.46. The Morgan fingerprint density at radius 1 is 1.38 bits per heavy atom. The Balaban J connectivity index is 1.80. The number of ether oxygens (including phenoxy) is 1. The van der Waals surface area contributed by atoms with Gasteiger partial charge in [0.15, 0.2) is 0 Å². The number of alkyl halides is 2. The van der Waals surface area contributed by atoms with Crippen molar-refractivity contribution in [2.45, 2.75) is 31.4 Å². The monoisotopic (exact) mass is 299 g/mol. The van der Waals surface area contributed by atoms with Gasteiger partial charge in [0.2, 0.25) is 0 Å². The Morgan fingerprint density at radius 2 is 2.00 bits per heavy atom. The fraction of sp³-hybridized carbons (Fsp3) is 0.429. The number of aliphatic carboxylic acids is 1. The topological polar surface area (TPSA) is 75.6 Å². The first-order chi connectivity index (χ1) is 9.88. The third kappa shape index (κ3) is 4.40. The molecule has 1 saturated carbocycles. The minimum atomic E-state index is -2.82. The SMILES string of the molecule is O=C(N[C@@H](CC1CC1(F)F)C(=O)O)OCc1ccccc1. The fourth-order valence-corrected chi connectivity index (χ4v) is 1.94. The van der Waals surface area contributed by atoms with Crippen molar-refractivity contribution in [3.63, 3.8) is 0 Å². The molecule has 0 radical (unpaired) electrons. The largest absolute Gasteiger partial charge is 0.480 e. The Hall–Kier alpha value is -2.18. The number of halogens is 2. The van der Waals surface area contributed by atoms with E-state index < -0.39 is 29.9 Å². The van der Waals surface area contributed by atoms with Gasteiger partial charge < -0.3 is 15.2 Å². The van der Waals surface area contributed by atoms with Gasteiger partial charge in [-0.25, -0.2) is 18.4 Å². The maximum Gasteiger partial charge on any atom is 0.408 e. The lowest BCUT2D eigenvalue weighted by molar-refractivity contribution is -0.139. The van der Waals surface area contributed by atoms with Gasteiger partial charge in [-0.15, -0.1) is 0 Å². The summed E-state index contributed by atoms with van der Waals surface area (Å²) in [6.45, 7) is -0.0153. The minimum Gasteiger partial charge on any atom is -0.480 e. The number of carboxylic acid groups (broad SMARTS) is 1. The Labute approximate surface area is 119 Å². The molecule has 1 fully saturated rings. The molecule has 1 amide bonds. The number of amides is 1. The van der Waals surface area contributed by atoms with E-state index in [1.165, 1.54) is 0 Å². The molecule has 1 aromatic carbocycles. The van der Waals surface area contributed by atoms with E-state index in [2.05, 4.69) is 5.32 Å². The number of benzene rings is 1. The van der Waals surface area contributed by atoms with E-state index in [0.29, 0.717) is 0 Å². The van der Waals surface area contributed by atoms with Gasteiger partial charge >= 0.3 is 12.1 Å². The second kappa shape index (κ2) is 6.07. The second-order valence-corrected chi connectivity index (χ2v) is 4.99. The van der Waals surface area contributed by atoms with Crippen LogP contribution in [0.4, 0.5) is 13.6 Å². The van der Waals surface area contributed by atoms with E-state index in [9.17, 15) is 18.4 Å². The number of hydrogen-bond donors (Lipinski definition) is 2. The quantitative estimate of drug-likeness (QED) is 0.846. The highest BCUT2D eigenvalue weighted by Crippen LogP contribution is 2.51. The molecule has 5 nitrogen and oxygen atoms in total. The van der Waals surface area contributed by atoms with E-state index in [1.54, 1.807) is 30.3 Å². The first kappa shape index (κ1) is 15.2. The standard InChI is InChI=1S/C14H15F2NO4/c15-14(16)7-10(14)6-11(12(18)19)17-13(20)21-8-9-4-2-1-3-5-9/h1-5,10-11H,6-8H2,(H,17,20)(H,18,19)/t10?,11-/m0/s1. The van der Waals surface area contributed by atoms with Crippen molar-refractivity contribution in [1.29, 1.82) is 0 Å². The summed E-state index contributed by atoms with van der Waals surface area (Å²) < 4.78 is 30.4. The number of carbonyl (C=O) groups is 2. The van der Waals surface area contributed by atoms with Crippen molar-refractivity contribution in [3.05, 3.63) is 35.9 Å². The molecule has 7 heteroatoms. The van der Waals surface area contributed by atoms with Crippen molar-refractivity contribution < 1.29 is 28.2 Å². The van der Waals surface area contributed by atoms with Gasteiger partial charge in [-0.1, -0.05) is 30.3 Å². The molecule has 0 bridgehead atoms.